The van der Waals surface area contributed by atoms with Crippen LogP contribution in [0.15, 0.2) is 72.8 Å². The number of ether oxygens (including phenoxy) is 1. The first-order chi connectivity index (χ1) is 17.1. The van der Waals surface area contributed by atoms with E-state index in [0.717, 1.165) is 17.4 Å². The minimum atomic E-state index is -1.43. The van der Waals surface area contributed by atoms with E-state index < -0.39 is 34.8 Å². The van der Waals surface area contributed by atoms with Crippen LogP contribution in [0, 0.1) is 17.5 Å². The number of benzene rings is 3. The number of carbonyl (C=O) groups is 2. The topological polar surface area (TPSA) is 80.3 Å². The van der Waals surface area contributed by atoms with E-state index in [0.29, 0.717) is 17.0 Å². The minimum Gasteiger partial charge on any atom is -0.444 e. The first-order valence-corrected chi connectivity index (χ1v) is 11.5. The third-order valence-electron chi connectivity index (χ3n) is 5.07. The van der Waals surface area contributed by atoms with Gasteiger partial charge < -0.3 is 10.1 Å². The van der Waals surface area contributed by atoms with Gasteiger partial charge in [-0.15, -0.1) is 0 Å². The highest BCUT2D eigenvalue weighted by molar-refractivity contribution is 7.18. The molecule has 1 heterocycles. The fraction of sp³-hybridized carbons (Fsp3) is 0.115. The zero-order valence-corrected chi connectivity index (χ0v) is 20.0. The highest BCUT2D eigenvalue weighted by Crippen LogP contribution is 2.40. The number of amides is 2. The highest BCUT2D eigenvalue weighted by atomic mass is 32.1. The van der Waals surface area contributed by atoms with E-state index in [1.165, 1.54) is 80.6 Å². The number of nitrogens with zero attached hydrogens (tertiary/aromatic N) is 1. The van der Waals surface area contributed by atoms with Crippen LogP contribution in [-0.2, 0) is 4.79 Å². The molecule has 0 bridgehead atoms. The van der Waals surface area contributed by atoms with Gasteiger partial charge in [-0.2, -0.15) is 0 Å². The second-order valence-electron chi connectivity index (χ2n) is 8.23. The number of carbonyl (C=O) groups excluding carboxylic acids is 2. The molecular formula is C26H20F3N3O3S. The Balaban J connectivity index is 1.58. The predicted octanol–water partition coefficient (Wildman–Crippen LogP) is 6.17. The summed E-state index contributed by atoms with van der Waals surface area (Å²) < 4.78 is 46.6. The maximum Gasteiger partial charge on any atom is 0.255 e. The van der Waals surface area contributed by atoms with E-state index in [9.17, 15) is 22.8 Å². The van der Waals surface area contributed by atoms with Crippen molar-refractivity contribution < 1.29 is 27.5 Å². The van der Waals surface area contributed by atoms with Gasteiger partial charge in [0.25, 0.3) is 11.8 Å². The van der Waals surface area contributed by atoms with Crippen LogP contribution in [0.2, 0.25) is 0 Å². The van der Waals surface area contributed by atoms with Crippen molar-refractivity contribution >= 4 is 28.3 Å². The zero-order chi connectivity index (χ0) is 25.9. The molecule has 0 aliphatic carbocycles. The van der Waals surface area contributed by atoms with Gasteiger partial charge in [0.05, 0.1) is 5.56 Å². The number of nitrogens with one attached hydrogen (secondary N) is 2. The van der Waals surface area contributed by atoms with Crippen LogP contribution >= 0.6 is 11.3 Å². The van der Waals surface area contributed by atoms with Crippen LogP contribution in [0.3, 0.4) is 0 Å². The molecule has 6 nitrogen and oxygen atoms in total. The number of hydrogen-bond acceptors (Lipinski definition) is 5. The Kier molecular flexibility index (Phi) is 7.07. The summed E-state index contributed by atoms with van der Waals surface area (Å²) in [5.41, 5.74) is -0.773. The molecule has 0 radical (unpaired) electrons. The molecule has 1 aromatic heterocycles. The molecule has 0 saturated carbocycles. The molecule has 0 aliphatic heterocycles. The maximum atomic E-state index is 14.0. The third-order valence-corrected chi connectivity index (χ3v) is 5.92. The SMILES string of the molecule is CC(C)(NC(=O)c1ccccc1F)C(=O)Nc1nc(-c2ccc(F)cc2)c(Oc2ccc(F)cc2)s1. The van der Waals surface area contributed by atoms with E-state index >= 15 is 0 Å². The van der Waals surface area contributed by atoms with Crippen LogP contribution < -0.4 is 15.4 Å². The number of anilines is 1. The number of thiazole rings is 1. The van der Waals surface area contributed by atoms with Crippen LogP contribution in [0.5, 0.6) is 10.8 Å². The lowest BCUT2D eigenvalue weighted by molar-refractivity contribution is -0.120. The third kappa shape index (κ3) is 5.72. The van der Waals surface area contributed by atoms with Crippen molar-refractivity contribution in [3.63, 3.8) is 0 Å². The molecular weight excluding hydrogens is 491 g/mol. The van der Waals surface area contributed by atoms with Gasteiger partial charge in [-0.3, -0.25) is 14.9 Å². The second-order valence-corrected chi connectivity index (χ2v) is 9.19. The summed E-state index contributed by atoms with van der Waals surface area (Å²) in [4.78, 5) is 29.9. The van der Waals surface area contributed by atoms with Crippen LogP contribution in [-0.4, -0.2) is 22.3 Å². The quantitative estimate of drug-likeness (QED) is 0.311. The molecule has 3 aromatic carbocycles. The number of hydrogen-bond donors (Lipinski definition) is 2. The molecule has 10 heteroatoms. The van der Waals surface area contributed by atoms with Crippen molar-refractivity contribution in [2.75, 3.05) is 5.32 Å². The molecule has 0 fully saturated rings. The molecule has 184 valence electrons. The van der Waals surface area contributed by atoms with E-state index in [2.05, 4.69) is 15.6 Å². The summed E-state index contributed by atoms with van der Waals surface area (Å²) in [7, 11) is 0. The standard InChI is InChI=1S/C26H20F3N3O3S/c1-26(2,32-22(33)19-5-3-4-6-20(19)29)24(34)31-25-30-21(15-7-9-16(27)10-8-15)23(36-25)35-18-13-11-17(28)12-14-18/h3-14H,1-2H3,(H,32,33)(H,30,31,34). The van der Waals surface area contributed by atoms with Crippen molar-refractivity contribution in [2.24, 2.45) is 0 Å². The van der Waals surface area contributed by atoms with Gasteiger partial charge in [0.2, 0.25) is 5.06 Å². The Labute approximate surface area is 208 Å². The van der Waals surface area contributed by atoms with Crippen LogP contribution in [0.4, 0.5) is 18.3 Å². The minimum absolute atomic E-state index is 0.143. The average Bonchev–Trinajstić information content (AvgIpc) is 3.23. The van der Waals surface area contributed by atoms with Gasteiger partial charge >= 0.3 is 0 Å². The Morgan fingerprint density at radius 2 is 1.50 bits per heavy atom. The Morgan fingerprint density at radius 3 is 2.14 bits per heavy atom. The molecule has 0 aliphatic rings. The molecule has 0 saturated heterocycles. The van der Waals surface area contributed by atoms with E-state index in [1.54, 1.807) is 0 Å². The Bertz CT molecular complexity index is 1400. The molecule has 4 aromatic rings. The van der Waals surface area contributed by atoms with Gasteiger partial charge in [-0.25, -0.2) is 18.2 Å². The number of rotatable bonds is 7. The normalized spacial score (nSPS) is 11.1. The molecule has 36 heavy (non-hydrogen) atoms. The van der Waals surface area contributed by atoms with Gasteiger partial charge in [-0.05, 0) is 74.5 Å². The van der Waals surface area contributed by atoms with Crippen molar-refractivity contribution in [1.82, 2.24) is 10.3 Å². The van der Waals surface area contributed by atoms with Crippen molar-refractivity contribution in [3.05, 3.63) is 95.8 Å². The highest BCUT2D eigenvalue weighted by Gasteiger charge is 2.32. The van der Waals surface area contributed by atoms with Crippen LogP contribution in [0.1, 0.15) is 24.2 Å². The Morgan fingerprint density at radius 1 is 0.889 bits per heavy atom. The largest absolute Gasteiger partial charge is 0.444 e. The fourth-order valence-electron chi connectivity index (χ4n) is 3.14. The van der Waals surface area contributed by atoms with Crippen molar-refractivity contribution in [3.8, 4) is 22.1 Å². The van der Waals surface area contributed by atoms with E-state index in [-0.39, 0.29) is 15.8 Å². The lowest BCUT2D eigenvalue weighted by Crippen LogP contribution is -2.52. The Hall–Kier alpha value is -4.18. The first kappa shape index (κ1) is 24.9. The molecule has 2 amide bonds. The number of aromatic nitrogens is 1. The van der Waals surface area contributed by atoms with Crippen molar-refractivity contribution in [1.29, 1.82) is 0 Å². The van der Waals surface area contributed by atoms with Crippen molar-refractivity contribution in [2.45, 2.75) is 19.4 Å². The molecule has 2 N–H and O–H groups in total. The van der Waals surface area contributed by atoms with E-state index in [4.69, 9.17) is 4.74 Å². The summed E-state index contributed by atoms with van der Waals surface area (Å²) >= 11 is 0.994. The zero-order valence-electron chi connectivity index (χ0n) is 19.1. The van der Waals surface area contributed by atoms with Gasteiger partial charge in [0, 0.05) is 5.56 Å². The van der Waals surface area contributed by atoms with Gasteiger partial charge in [0.15, 0.2) is 5.13 Å². The fourth-order valence-corrected chi connectivity index (χ4v) is 3.99. The molecule has 0 spiro atoms. The second kappa shape index (κ2) is 10.2. The van der Waals surface area contributed by atoms with Gasteiger partial charge in [0.1, 0.15) is 34.4 Å². The molecule has 0 atom stereocenters. The summed E-state index contributed by atoms with van der Waals surface area (Å²) in [5, 5.41) is 5.57. The van der Waals surface area contributed by atoms with Crippen LogP contribution in [0.25, 0.3) is 11.3 Å². The lowest BCUT2D eigenvalue weighted by Gasteiger charge is -2.24. The lowest BCUT2D eigenvalue weighted by atomic mass is 10.0. The summed E-state index contributed by atoms with van der Waals surface area (Å²) in [5.74, 6) is -2.61. The summed E-state index contributed by atoms with van der Waals surface area (Å²) in [6, 6.07) is 16.3. The average molecular weight is 512 g/mol. The number of halogens is 3. The summed E-state index contributed by atoms with van der Waals surface area (Å²) in [6.07, 6.45) is 0. The predicted molar refractivity (Wildman–Crippen MR) is 131 cm³/mol. The monoisotopic (exact) mass is 511 g/mol. The molecule has 4 rings (SSSR count). The summed E-state index contributed by atoms with van der Waals surface area (Å²) in [6.45, 7) is 2.93. The van der Waals surface area contributed by atoms with Gasteiger partial charge in [-0.1, -0.05) is 23.5 Å². The maximum absolute atomic E-state index is 14.0. The smallest absolute Gasteiger partial charge is 0.255 e. The first-order valence-electron chi connectivity index (χ1n) is 10.7. The molecule has 0 unspecified atom stereocenters. The van der Waals surface area contributed by atoms with E-state index in [1.807, 2.05) is 0 Å².